The Morgan fingerprint density at radius 3 is 2.19 bits per heavy atom. The normalized spacial score (nSPS) is 11.5. The lowest BCUT2D eigenvalue weighted by Crippen LogP contribution is -2.12. The third kappa shape index (κ3) is 4.58. The second-order valence-electron chi connectivity index (χ2n) is 4.17. The van der Waals surface area contributed by atoms with E-state index in [4.69, 9.17) is 15.7 Å². The lowest BCUT2D eigenvalue weighted by molar-refractivity contribution is 0.301. The van der Waals surface area contributed by atoms with Crippen molar-refractivity contribution in [3.63, 3.8) is 0 Å². The molecule has 7 heteroatoms. The van der Waals surface area contributed by atoms with Crippen LogP contribution in [0.25, 0.3) is 0 Å². The first-order valence-corrected chi connectivity index (χ1v) is 9.09. The molecule has 0 radical (unpaired) electrons. The van der Waals surface area contributed by atoms with Crippen molar-refractivity contribution in [1.82, 2.24) is 0 Å². The summed E-state index contributed by atoms with van der Waals surface area (Å²) in [5.74, 6) is 1.00. The smallest absolute Gasteiger partial charge is 0.170 e. The van der Waals surface area contributed by atoms with Crippen LogP contribution in [0.5, 0.6) is 5.75 Å². The van der Waals surface area contributed by atoms with Gasteiger partial charge in [-0.15, -0.1) is 0 Å². The topological polar surface area (TPSA) is 67.8 Å². The molecule has 0 aliphatic rings. The van der Waals surface area contributed by atoms with Crippen molar-refractivity contribution in [3.05, 3.63) is 58.2 Å². The Balaban J connectivity index is 2.10. The molecule has 0 aromatic heterocycles. The number of amidine groups is 1. The molecule has 0 aliphatic heterocycles. The summed E-state index contributed by atoms with van der Waals surface area (Å²) in [5, 5.41) is 11.6. The zero-order valence-electron chi connectivity index (χ0n) is 10.7. The van der Waals surface area contributed by atoms with Gasteiger partial charge in [0.05, 0.1) is 7.14 Å². The maximum atomic E-state index is 8.63. The molecule has 0 heterocycles. The van der Waals surface area contributed by atoms with Gasteiger partial charge in [0.1, 0.15) is 12.4 Å². The van der Waals surface area contributed by atoms with E-state index in [2.05, 4.69) is 85.1 Å². The molecule has 2 rings (SSSR count). The summed E-state index contributed by atoms with van der Waals surface area (Å²) in [7, 11) is 0. The monoisotopic (exact) mass is 620 g/mol. The van der Waals surface area contributed by atoms with Gasteiger partial charge in [-0.05, 0) is 85.5 Å². The summed E-state index contributed by atoms with van der Waals surface area (Å²) >= 11 is 6.85. The van der Waals surface area contributed by atoms with E-state index in [-0.39, 0.29) is 5.84 Å². The van der Waals surface area contributed by atoms with Gasteiger partial charge in [-0.3, -0.25) is 0 Å². The Labute approximate surface area is 163 Å². The zero-order valence-corrected chi connectivity index (χ0v) is 17.2. The van der Waals surface area contributed by atoms with Crippen LogP contribution in [0.1, 0.15) is 11.1 Å². The van der Waals surface area contributed by atoms with Crippen molar-refractivity contribution in [2.24, 2.45) is 10.9 Å². The fourth-order valence-corrected chi connectivity index (χ4v) is 5.55. The van der Waals surface area contributed by atoms with Crippen LogP contribution in [-0.4, -0.2) is 11.0 Å². The second kappa shape index (κ2) is 7.81. The number of hydrogen-bond donors (Lipinski definition) is 2. The third-order valence-corrected chi connectivity index (χ3v) is 4.93. The molecular formula is C14H11I3N2O2. The van der Waals surface area contributed by atoms with Crippen LogP contribution in [0.3, 0.4) is 0 Å². The Morgan fingerprint density at radius 2 is 1.67 bits per heavy atom. The molecule has 0 unspecified atom stereocenters. The number of benzene rings is 2. The number of nitrogens with zero attached hydrogens (tertiary/aromatic N) is 1. The molecule has 0 saturated heterocycles. The number of rotatable bonds is 4. The molecule has 21 heavy (non-hydrogen) atoms. The number of nitrogens with two attached hydrogens (primary N) is 1. The van der Waals surface area contributed by atoms with Gasteiger partial charge in [-0.1, -0.05) is 29.4 Å². The van der Waals surface area contributed by atoms with Gasteiger partial charge in [0.25, 0.3) is 0 Å². The predicted molar refractivity (Wildman–Crippen MR) is 108 cm³/mol. The van der Waals surface area contributed by atoms with Gasteiger partial charge in [0.2, 0.25) is 0 Å². The largest absolute Gasteiger partial charge is 0.487 e. The molecule has 110 valence electrons. The summed E-state index contributed by atoms with van der Waals surface area (Å²) in [4.78, 5) is 0. The van der Waals surface area contributed by atoms with E-state index in [0.29, 0.717) is 12.2 Å². The lowest BCUT2D eigenvalue weighted by Gasteiger charge is -2.11. The SMILES string of the molecule is NC(=NO)c1ccc(COc2c(I)cc(I)cc2I)cc1. The first kappa shape index (κ1) is 17.1. The standard InChI is InChI=1S/C14H11I3N2O2/c15-10-5-11(16)13(12(17)6-10)21-7-8-1-3-9(4-2-8)14(18)19-20/h1-6,20H,7H2,(H2,18,19). The number of hydrogen-bond acceptors (Lipinski definition) is 3. The maximum absolute atomic E-state index is 8.63. The van der Waals surface area contributed by atoms with Crippen LogP contribution in [-0.2, 0) is 6.61 Å². The van der Waals surface area contributed by atoms with Crippen molar-refractivity contribution >= 4 is 73.6 Å². The van der Waals surface area contributed by atoms with Crippen LogP contribution in [0.4, 0.5) is 0 Å². The van der Waals surface area contributed by atoms with E-state index >= 15 is 0 Å². The van der Waals surface area contributed by atoms with Gasteiger partial charge in [-0.2, -0.15) is 0 Å². The summed E-state index contributed by atoms with van der Waals surface area (Å²) in [6.45, 7) is 0.475. The summed E-state index contributed by atoms with van der Waals surface area (Å²) in [6, 6.07) is 11.6. The van der Waals surface area contributed by atoms with Gasteiger partial charge < -0.3 is 15.7 Å². The highest BCUT2D eigenvalue weighted by atomic mass is 127. The van der Waals surface area contributed by atoms with E-state index in [0.717, 1.165) is 18.5 Å². The Bertz CT molecular complexity index is 649. The van der Waals surface area contributed by atoms with Crippen LogP contribution in [0.15, 0.2) is 41.6 Å². The number of oxime groups is 1. The minimum absolute atomic E-state index is 0.101. The second-order valence-corrected chi connectivity index (χ2v) is 7.74. The van der Waals surface area contributed by atoms with Crippen LogP contribution in [0, 0.1) is 10.7 Å². The molecule has 0 bridgehead atoms. The van der Waals surface area contributed by atoms with E-state index in [1.165, 1.54) is 3.57 Å². The van der Waals surface area contributed by atoms with Crippen LogP contribution in [0.2, 0.25) is 0 Å². The molecule has 0 atom stereocenters. The first-order chi connectivity index (χ1) is 10.0. The Kier molecular flexibility index (Phi) is 6.34. The van der Waals surface area contributed by atoms with Crippen molar-refractivity contribution in [1.29, 1.82) is 0 Å². The molecular weight excluding hydrogens is 609 g/mol. The molecule has 4 nitrogen and oxygen atoms in total. The molecule has 3 N–H and O–H groups in total. The van der Waals surface area contributed by atoms with Crippen molar-refractivity contribution in [2.45, 2.75) is 6.61 Å². The van der Waals surface area contributed by atoms with E-state index in [1.807, 2.05) is 12.1 Å². The van der Waals surface area contributed by atoms with Gasteiger partial charge in [0, 0.05) is 9.13 Å². The number of ether oxygens (including phenoxy) is 1. The minimum atomic E-state index is 0.101. The average molecular weight is 620 g/mol. The van der Waals surface area contributed by atoms with Gasteiger partial charge in [-0.25, -0.2) is 0 Å². The molecule has 2 aromatic rings. The van der Waals surface area contributed by atoms with E-state index < -0.39 is 0 Å². The first-order valence-electron chi connectivity index (χ1n) is 5.85. The lowest BCUT2D eigenvalue weighted by atomic mass is 10.1. The Morgan fingerprint density at radius 1 is 1.10 bits per heavy atom. The highest BCUT2D eigenvalue weighted by Crippen LogP contribution is 2.30. The van der Waals surface area contributed by atoms with Crippen LogP contribution < -0.4 is 10.5 Å². The van der Waals surface area contributed by atoms with Crippen LogP contribution >= 0.6 is 67.8 Å². The highest BCUT2D eigenvalue weighted by Gasteiger charge is 2.08. The van der Waals surface area contributed by atoms with Gasteiger partial charge >= 0.3 is 0 Å². The molecule has 0 spiro atoms. The zero-order chi connectivity index (χ0) is 15.4. The van der Waals surface area contributed by atoms with Crippen molar-refractivity contribution in [2.75, 3.05) is 0 Å². The summed E-state index contributed by atoms with van der Waals surface area (Å²) in [5.41, 5.74) is 7.23. The highest BCUT2D eigenvalue weighted by molar-refractivity contribution is 14.1. The molecule has 0 fully saturated rings. The van der Waals surface area contributed by atoms with Crippen molar-refractivity contribution < 1.29 is 9.94 Å². The third-order valence-electron chi connectivity index (χ3n) is 2.70. The van der Waals surface area contributed by atoms with E-state index in [1.54, 1.807) is 12.1 Å². The molecule has 2 aromatic carbocycles. The summed E-state index contributed by atoms with van der Waals surface area (Å²) < 4.78 is 9.29. The fraction of sp³-hybridized carbons (Fsp3) is 0.0714. The minimum Gasteiger partial charge on any atom is -0.487 e. The average Bonchev–Trinajstić information content (AvgIpc) is 2.46. The molecule has 0 saturated carbocycles. The summed E-state index contributed by atoms with van der Waals surface area (Å²) in [6.07, 6.45) is 0. The van der Waals surface area contributed by atoms with Gasteiger partial charge in [0.15, 0.2) is 5.84 Å². The number of halogens is 3. The predicted octanol–water partition coefficient (Wildman–Crippen LogP) is 4.17. The molecule has 0 aliphatic carbocycles. The van der Waals surface area contributed by atoms with Crippen molar-refractivity contribution in [3.8, 4) is 5.75 Å². The Hall–Kier alpha value is -0.300. The maximum Gasteiger partial charge on any atom is 0.170 e. The van der Waals surface area contributed by atoms with E-state index in [9.17, 15) is 0 Å². The fourth-order valence-electron chi connectivity index (χ4n) is 1.65. The molecule has 0 amide bonds. The quantitative estimate of drug-likeness (QED) is 0.178.